The van der Waals surface area contributed by atoms with Gasteiger partial charge in [-0.15, -0.1) is 0 Å². The SMILES string of the molecule is CC(=O)Nc1cccc(NC(=O)CN(c2ccc(C(C)C)cc2)S(=O)(=O)c2ccc(C)cc2)c1. The van der Waals surface area contributed by atoms with Gasteiger partial charge in [-0.3, -0.25) is 13.9 Å². The number of amides is 2. The van der Waals surface area contributed by atoms with E-state index < -0.39 is 22.5 Å². The van der Waals surface area contributed by atoms with Gasteiger partial charge in [-0.1, -0.05) is 49.7 Å². The van der Waals surface area contributed by atoms with Gasteiger partial charge in [0.1, 0.15) is 6.54 Å². The van der Waals surface area contributed by atoms with E-state index in [-0.39, 0.29) is 16.7 Å². The number of anilines is 3. The van der Waals surface area contributed by atoms with E-state index >= 15 is 0 Å². The lowest BCUT2D eigenvalue weighted by molar-refractivity contribution is -0.115. The number of hydrogen-bond donors (Lipinski definition) is 2. The third-order valence-electron chi connectivity index (χ3n) is 5.21. The molecule has 0 aromatic heterocycles. The van der Waals surface area contributed by atoms with E-state index in [0.717, 1.165) is 15.4 Å². The molecule has 2 N–H and O–H groups in total. The van der Waals surface area contributed by atoms with Crippen LogP contribution in [0.4, 0.5) is 17.1 Å². The normalized spacial score (nSPS) is 11.2. The maximum Gasteiger partial charge on any atom is 0.264 e. The zero-order valence-electron chi connectivity index (χ0n) is 19.7. The van der Waals surface area contributed by atoms with Crippen LogP contribution >= 0.6 is 0 Å². The van der Waals surface area contributed by atoms with Crippen LogP contribution in [0.1, 0.15) is 37.8 Å². The van der Waals surface area contributed by atoms with Crippen molar-refractivity contribution < 1.29 is 18.0 Å². The number of nitrogens with zero attached hydrogens (tertiary/aromatic N) is 1. The molecule has 8 heteroatoms. The zero-order valence-corrected chi connectivity index (χ0v) is 20.5. The Balaban J connectivity index is 1.91. The Morgan fingerprint density at radius 3 is 2.03 bits per heavy atom. The van der Waals surface area contributed by atoms with Gasteiger partial charge in [-0.05, 0) is 60.9 Å². The summed E-state index contributed by atoms with van der Waals surface area (Å²) in [6.07, 6.45) is 0. The highest BCUT2D eigenvalue weighted by Crippen LogP contribution is 2.26. The van der Waals surface area contributed by atoms with E-state index in [0.29, 0.717) is 17.1 Å². The molecule has 0 saturated heterocycles. The Hall–Kier alpha value is -3.65. The van der Waals surface area contributed by atoms with Crippen LogP contribution in [0, 0.1) is 6.92 Å². The molecule has 3 aromatic carbocycles. The molecule has 0 radical (unpaired) electrons. The molecule has 0 unspecified atom stereocenters. The lowest BCUT2D eigenvalue weighted by atomic mass is 10.0. The van der Waals surface area contributed by atoms with Crippen molar-refractivity contribution in [2.75, 3.05) is 21.5 Å². The average Bonchev–Trinajstić information content (AvgIpc) is 2.77. The Bertz CT molecular complexity index is 1270. The molecule has 0 aliphatic heterocycles. The number of sulfonamides is 1. The lowest BCUT2D eigenvalue weighted by Crippen LogP contribution is -2.38. The van der Waals surface area contributed by atoms with Crippen molar-refractivity contribution in [2.45, 2.75) is 38.5 Å². The first-order chi connectivity index (χ1) is 16.1. The molecule has 0 atom stereocenters. The van der Waals surface area contributed by atoms with Gasteiger partial charge in [-0.2, -0.15) is 0 Å². The van der Waals surface area contributed by atoms with Gasteiger partial charge in [0.15, 0.2) is 0 Å². The molecule has 0 bridgehead atoms. The van der Waals surface area contributed by atoms with Crippen LogP contribution in [0.25, 0.3) is 0 Å². The van der Waals surface area contributed by atoms with Gasteiger partial charge in [0.2, 0.25) is 11.8 Å². The molecule has 2 amide bonds. The first kappa shape index (κ1) is 25.0. The van der Waals surface area contributed by atoms with Crippen molar-refractivity contribution in [2.24, 2.45) is 0 Å². The fraction of sp³-hybridized carbons (Fsp3) is 0.231. The summed E-state index contributed by atoms with van der Waals surface area (Å²) < 4.78 is 28.2. The maximum absolute atomic E-state index is 13.5. The van der Waals surface area contributed by atoms with Gasteiger partial charge < -0.3 is 10.6 Å². The number of hydrogen-bond acceptors (Lipinski definition) is 4. The fourth-order valence-corrected chi connectivity index (χ4v) is 4.81. The molecule has 3 aromatic rings. The maximum atomic E-state index is 13.5. The second-order valence-corrected chi connectivity index (χ2v) is 10.2. The summed E-state index contributed by atoms with van der Waals surface area (Å²) in [7, 11) is -4.00. The van der Waals surface area contributed by atoms with E-state index in [9.17, 15) is 18.0 Å². The largest absolute Gasteiger partial charge is 0.326 e. The first-order valence-corrected chi connectivity index (χ1v) is 12.4. The summed E-state index contributed by atoms with van der Waals surface area (Å²) in [5.41, 5.74) is 3.36. The second-order valence-electron chi connectivity index (χ2n) is 8.38. The average molecular weight is 480 g/mol. The van der Waals surface area contributed by atoms with Crippen LogP contribution in [0.3, 0.4) is 0 Å². The van der Waals surface area contributed by atoms with Gasteiger partial charge in [0.05, 0.1) is 10.6 Å². The minimum absolute atomic E-state index is 0.103. The molecule has 0 saturated carbocycles. The Kier molecular flexibility index (Phi) is 7.73. The van der Waals surface area contributed by atoms with Crippen molar-refractivity contribution in [1.82, 2.24) is 0 Å². The van der Waals surface area contributed by atoms with Gasteiger partial charge >= 0.3 is 0 Å². The van der Waals surface area contributed by atoms with Crippen LogP contribution in [0.5, 0.6) is 0 Å². The van der Waals surface area contributed by atoms with Crippen LogP contribution in [0.15, 0.2) is 77.7 Å². The lowest BCUT2D eigenvalue weighted by Gasteiger charge is -2.24. The van der Waals surface area contributed by atoms with Crippen LogP contribution in [0.2, 0.25) is 0 Å². The molecule has 0 aliphatic rings. The molecular formula is C26H29N3O4S. The Morgan fingerprint density at radius 2 is 1.47 bits per heavy atom. The van der Waals surface area contributed by atoms with Crippen molar-refractivity contribution in [3.8, 4) is 0 Å². The number of benzene rings is 3. The standard InChI is InChI=1S/C26H29N3O4S/c1-18(2)21-10-12-24(13-11-21)29(34(32,33)25-14-8-19(3)9-15-25)17-26(31)28-23-7-5-6-22(16-23)27-20(4)30/h5-16,18H,17H2,1-4H3,(H,27,30)(H,28,31). The third-order valence-corrected chi connectivity index (χ3v) is 7.00. The molecule has 0 aliphatic carbocycles. The summed E-state index contributed by atoms with van der Waals surface area (Å²) in [4.78, 5) is 24.3. The van der Waals surface area contributed by atoms with E-state index in [4.69, 9.17) is 0 Å². The molecule has 0 fully saturated rings. The monoisotopic (exact) mass is 479 g/mol. The predicted octanol–water partition coefficient (Wildman–Crippen LogP) is 4.91. The van der Waals surface area contributed by atoms with Crippen LogP contribution in [-0.4, -0.2) is 26.8 Å². The van der Waals surface area contributed by atoms with Gasteiger partial charge in [-0.25, -0.2) is 8.42 Å². The van der Waals surface area contributed by atoms with E-state index in [1.54, 1.807) is 48.5 Å². The number of aryl methyl sites for hydroxylation is 1. The van der Waals surface area contributed by atoms with Crippen molar-refractivity contribution in [3.63, 3.8) is 0 Å². The molecule has 0 spiro atoms. The summed E-state index contributed by atoms with van der Waals surface area (Å²) in [5, 5.41) is 5.37. The van der Waals surface area contributed by atoms with E-state index in [2.05, 4.69) is 24.5 Å². The molecule has 178 valence electrons. The van der Waals surface area contributed by atoms with Crippen molar-refractivity contribution in [1.29, 1.82) is 0 Å². The van der Waals surface area contributed by atoms with Crippen molar-refractivity contribution in [3.05, 3.63) is 83.9 Å². The fourth-order valence-electron chi connectivity index (χ4n) is 3.39. The minimum atomic E-state index is -4.00. The van der Waals surface area contributed by atoms with Crippen LogP contribution < -0.4 is 14.9 Å². The summed E-state index contributed by atoms with van der Waals surface area (Å²) in [6, 6.07) is 20.3. The number of rotatable bonds is 8. The summed E-state index contributed by atoms with van der Waals surface area (Å²) >= 11 is 0. The molecule has 7 nitrogen and oxygen atoms in total. The number of carbonyl (C=O) groups excluding carboxylic acids is 2. The number of carbonyl (C=O) groups is 2. The van der Waals surface area contributed by atoms with Crippen molar-refractivity contribution >= 4 is 38.9 Å². The smallest absolute Gasteiger partial charge is 0.264 e. The molecule has 0 heterocycles. The summed E-state index contributed by atoms with van der Waals surface area (Å²) in [5.74, 6) is -0.456. The molecule has 3 rings (SSSR count). The zero-order chi connectivity index (χ0) is 24.9. The quantitative estimate of drug-likeness (QED) is 0.480. The molecular weight excluding hydrogens is 450 g/mol. The summed E-state index contributed by atoms with van der Waals surface area (Å²) in [6.45, 7) is 6.96. The minimum Gasteiger partial charge on any atom is -0.326 e. The van der Waals surface area contributed by atoms with Gasteiger partial charge in [0, 0.05) is 18.3 Å². The molecule has 34 heavy (non-hydrogen) atoms. The number of nitrogens with one attached hydrogen (secondary N) is 2. The topological polar surface area (TPSA) is 95.6 Å². The highest BCUT2D eigenvalue weighted by atomic mass is 32.2. The highest BCUT2D eigenvalue weighted by molar-refractivity contribution is 7.92. The predicted molar refractivity (Wildman–Crippen MR) is 136 cm³/mol. The highest BCUT2D eigenvalue weighted by Gasteiger charge is 2.27. The van der Waals surface area contributed by atoms with Gasteiger partial charge in [0.25, 0.3) is 10.0 Å². The second kappa shape index (κ2) is 10.5. The van der Waals surface area contributed by atoms with E-state index in [1.807, 2.05) is 19.1 Å². The van der Waals surface area contributed by atoms with E-state index in [1.165, 1.54) is 19.1 Å². The first-order valence-electron chi connectivity index (χ1n) is 10.9. The Morgan fingerprint density at radius 1 is 0.882 bits per heavy atom. The Labute approximate surface area is 200 Å². The third kappa shape index (κ3) is 6.23. The van der Waals surface area contributed by atoms with Crippen LogP contribution in [-0.2, 0) is 19.6 Å².